The highest BCUT2D eigenvalue weighted by Crippen LogP contribution is 2.32. The normalized spacial score (nSPS) is 36.2. The second-order valence-corrected chi connectivity index (χ2v) is 6.77. The smallest absolute Gasteiger partial charge is 0.0110 e. The van der Waals surface area contributed by atoms with Crippen LogP contribution in [-0.2, 0) is 0 Å². The van der Waals surface area contributed by atoms with Crippen LogP contribution >= 0.6 is 0 Å². The first-order chi connectivity index (χ1) is 8.06. The molecule has 2 heterocycles. The summed E-state index contributed by atoms with van der Waals surface area (Å²) in [5.41, 5.74) is 0. The van der Waals surface area contributed by atoms with Crippen LogP contribution in [0, 0.1) is 5.92 Å². The quantitative estimate of drug-likeness (QED) is 0.810. The SMILES string of the molecule is CC(C)CC(C)NC1CC2CCCC(C1)N2C. The first-order valence-corrected chi connectivity index (χ1v) is 7.54. The van der Waals surface area contributed by atoms with E-state index in [9.17, 15) is 0 Å². The Morgan fingerprint density at radius 3 is 2.24 bits per heavy atom. The molecular weight excluding hydrogens is 208 g/mol. The van der Waals surface area contributed by atoms with Crippen LogP contribution in [0.2, 0.25) is 0 Å². The van der Waals surface area contributed by atoms with Crippen LogP contribution in [-0.4, -0.2) is 36.1 Å². The molecule has 0 aliphatic carbocycles. The third-order valence-electron chi connectivity index (χ3n) is 4.68. The number of nitrogens with one attached hydrogen (secondary N) is 1. The van der Waals surface area contributed by atoms with Crippen molar-refractivity contribution < 1.29 is 0 Å². The zero-order valence-corrected chi connectivity index (χ0v) is 12.1. The summed E-state index contributed by atoms with van der Waals surface area (Å²) in [7, 11) is 2.34. The van der Waals surface area contributed by atoms with Gasteiger partial charge in [-0.1, -0.05) is 20.3 Å². The van der Waals surface area contributed by atoms with Gasteiger partial charge in [-0.3, -0.25) is 0 Å². The maximum Gasteiger partial charge on any atom is 0.0110 e. The minimum atomic E-state index is 0.684. The Bertz CT molecular complexity index is 225. The summed E-state index contributed by atoms with van der Waals surface area (Å²) < 4.78 is 0. The third-order valence-corrected chi connectivity index (χ3v) is 4.68. The Labute approximate surface area is 107 Å². The van der Waals surface area contributed by atoms with Gasteiger partial charge in [0.15, 0.2) is 0 Å². The zero-order valence-electron chi connectivity index (χ0n) is 12.1. The molecule has 2 heteroatoms. The molecule has 2 rings (SSSR count). The van der Waals surface area contributed by atoms with Gasteiger partial charge in [0.1, 0.15) is 0 Å². The summed E-state index contributed by atoms with van der Waals surface area (Å²) >= 11 is 0. The molecule has 17 heavy (non-hydrogen) atoms. The molecule has 2 fully saturated rings. The fraction of sp³-hybridized carbons (Fsp3) is 1.00. The molecule has 2 saturated heterocycles. The van der Waals surface area contributed by atoms with Crippen LogP contribution < -0.4 is 5.32 Å². The Morgan fingerprint density at radius 1 is 1.12 bits per heavy atom. The maximum atomic E-state index is 3.87. The molecule has 3 unspecified atom stereocenters. The maximum absolute atomic E-state index is 3.87. The summed E-state index contributed by atoms with van der Waals surface area (Å²) in [6, 6.07) is 3.16. The van der Waals surface area contributed by atoms with Gasteiger partial charge in [-0.25, -0.2) is 0 Å². The monoisotopic (exact) mass is 238 g/mol. The minimum Gasteiger partial charge on any atom is -0.311 e. The van der Waals surface area contributed by atoms with Gasteiger partial charge in [-0.05, 0) is 52.0 Å². The van der Waals surface area contributed by atoms with Crippen molar-refractivity contribution in [3.8, 4) is 0 Å². The van der Waals surface area contributed by atoms with Crippen LogP contribution in [0.5, 0.6) is 0 Å². The second kappa shape index (κ2) is 5.71. The van der Waals surface area contributed by atoms with Gasteiger partial charge < -0.3 is 10.2 Å². The van der Waals surface area contributed by atoms with Gasteiger partial charge in [0.2, 0.25) is 0 Å². The van der Waals surface area contributed by atoms with E-state index in [2.05, 4.69) is 38.0 Å². The first kappa shape index (κ1) is 13.4. The molecule has 3 atom stereocenters. The number of rotatable bonds is 4. The highest BCUT2D eigenvalue weighted by atomic mass is 15.2. The molecule has 100 valence electrons. The van der Waals surface area contributed by atoms with Gasteiger partial charge in [-0.2, -0.15) is 0 Å². The summed E-state index contributed by atoms with van der Waals surface area (Å²) in [5, 5.41) is 3.87. The lowest BCUT2D eigenvalue weighted by molar-refractivity contribution is 0.0457. The summed E-state index contributed by atoms with van der Waals surface area (Å²) in [6.45, 7) is 7.00. The van der Waals surface area contributed by atoms with Crippen molar-refractivity contribution >= 4 is 0 Å². The van der Waals surface area contributed by atoms with E-state index in [0.29, 0.717) is 6.04 Å². The highest BCUT2D eigenvalue weighted by Gasteiger charge is 2.36. The second-order valence-electron chi connectivity index (χ2n) is 6.77. The standard InChI is InChI=1S/C15H30N2/c1-11(2)8-12(3)16-13-9-14-6-5-7-15(10-13)17(14)4/h11-16H,5-10H2,1-4H3. The molecule has 0 saturated carbocycles. The van der Waals surface area contributed by atoms with E-state index < -0.39 is 0 Å². The third kappa shape index (κ3) is 3.45. The molecule has 0 aromatic rings. The van der Waals surface area contributed by atoms with Crippen LogP contribution in [0.1, 0.15) is 59.3 Å². The van der Waals surface area contributed by atoms with Gasteiger partial charge in [0.05, 0.1) is 0 Å². The molecule has 0 aromatic carbocycles. The average Bonchev–Trinajstić information content (AvgIpc) is 2.18. The van der Waals surface area contributed by atoms with Crippen LogP contribution in [0.15, 0.2) is 0 Å². The van der Waals surface area contributed by atoms with Crippen molar-refractivity contribution in [1.82, 2.24) is 10.2 Å². The van der Waals surface area contributed by atoms with Crippen molar-refractivity contribution in [2.24, 2.45) is 5.92 Å². The molecule has 0 radical (unpaired) electrons. The summed E-state index contributed by atoms with van der Waals surface area (Å²) in [6.07, 6.45) is 8.34. The first-order valence-electron chi connectivity index (χ1n) is 7.54. The van der Waals surface area contributed by atoms with Crippen molar-refractivity contribution in [2.75, 3.05) is 7.05 Å². The van der Waals surface area contributed by atoms with E-state index in [-0.39, 0.29) is 0 Å². The highest BCUT2D eigenvalue weighted by molar-refractivity contribution is 4.94. The molecule has 0 aromatic heterocycles. The van der Waals surface area contributed by atoms with E-state index in [4.69, 9.17) is 0 Å². The summed E-state index contributed by atoms with van der Waals surface area (Å²) in [5.74, 6) is 0.809. The zero-order chi connectivity index (χ0) is 12.4. The van der Waals surface area contributed by atoms with Crippen LogP contribution in [0.3, 0.4) is 0 Å². The van der Waals surface area contributed by atoms with Crippen LogP contribution in [0.25, 0.3) is 0 Å². The largest absolute Gasteiger partial charge is 0.311 e. The molecule has 0 spiro atoms. The molecular formula is C15H30N2. The lowest BCUT2D eigenvalue weighted by Gasteiger charge is -2.47. The van der Waals surface area contributed by atoms with Crippen molar-refractivity contribution in [3.05, 3.63) is 0 Å². The van der Waals surface area contributed by atoms with E-state index in [1.54, 1.807) is 0 Å². The van der Waals surface area contributed by atoms with Crippen molar-refractivity contribution in [1.29, 1.82) is 0 Å². The molecule has 1 N–H and O–H groups in total. The number of hydrogen-bond acceptors (Lipinski definition) is 2. The number of fused-ring (bicyclic) bond motifs is 2. The van der Waals surface area contributed by atoms with E-state index >= 15 is 0 Å². The fourth-order valence-corrected chi connectivity index (χ4v) is 3.93. The predicted octanol–water partition coefficient (Wildman–Crippen LogP) is 3.03. The fourth-order valence-electron chi connectivity index (χ4n) is 3.93. The van der Waals surface area contributed by atoms with Crippen LogP contribution in [0.4, 0.5) is 0 Å². The summed E-state index contributed by atoms with van der Waals surface area (Å²) in [4.78, 5) is 2.65. The average molecular weight is 238 g/mol. The predicted molar refractivity (Wildman–Crippen MR) is 74.3 cm³/mol. The lowest BCUT2D eigenvalue weighted by atomic mass is 9.82. The van der Waals surface area contributed by atoms with Gasteiger partial charge in [-0.15, -0.1) is 0 Å². The molecule has 2 aliphatic rings. The van der Waals surface area contributed by atoms with E-state index in [1.807, 2.05) is 0 Å². The number of piperidine rings is 2. The molecule has 2 bridgehead atoms. The lowest BCUT2D eigenvalue weighted by Crippen LogP contribution is -2.55. The number of hydrogen-bond donors (Lipinski definition) is 1. The minimum absolute atomic E-state index is 0.684. The number of nitrogens with zero attached hydrogens (tertiary/aromatic N) is 1. The molecule has 2 aliphatic heterocycles. The van der Waals surface area contributed by atoms with Crippen molar-refractivity contribution in [2.45, 2.75) is 83.5 Å². The Hall–Kier alpha value is -0.0800. The van der Waals surface area contributed by atoms with Gasteiger partial charge in [0, 0.05) is 24.2 Å². The van der Waals surface area contributed by atoms with Crippen molar-refractivity contribution in [3.63, 3.8) is 0 Å². The van der Waals surface area contributed by atoms with E-state index in [0.717, 1.165) is 24.0 Å². The van der Waals surface area contributed by atoms with Gasteiger partial charge in [0.25, 0.3) is 0 Å². The molecule has 0 amide bonds. The van der Waals surface area contributed by atoms with E-state index in [1.165, 1.54) is 38.5 Å². The van der Waals surface area contributed by atoms with Gasteiger partial charge >= 0.3 is 0 Å². The Balaban J connectivity index is 1.83. The Kier molecular flexibility index (Phi) is 4.48. The molecule has 2 nitrogen and oxygen atoms in total. The Morgan fingerprint density at radius 2 is 1.71 bits per heavy atom. The topological polar surface area (TPSA) is 15.3 Å².